The highest BCUT2D eigenvalue weighted by atomic mass is 127. The summed E-state index contributed by atoms with van der Waals surface area (Å²) in [7, 11) is 1.17. The molecule has 1 aliphatic rings. The van der Waals surface area contributed by atoms with Crippen molar-refractivity contribution in [3.05, 3.63) is 11.4 Å². The summed E-state index contributed by atoms with van der Waals surface area (Å²) >= 11 is 2.45. The Bertz CT molecular complexity index is 109. The van der Waals surface area contributed by atoms with Crippen molar-refractivity contribution in [3.63, 3.8) is 0 Å². The summed E-state index contributed by atoms with van der Waals surface area (Å²) in [6.45, 7) is 0. The van der Waals surface area contributed by atoms with E-state index in [0.29, 0.717) is 0 Å². The highest BCUT2D eigenvalue weighted by molar-refractivity contribution is 14.1. The zero-order valence-corrected chi connectivity index (χ0v) is 8.65. The smallest absolute Gasteiger partial charge is 0.000155 e. The average Bonchev–Trinajstić information content (AvgIpc) is 2.34. The molecule has 0 aliphatic carbocycles. The van der Waals surface area contributed by atoms with Crippen LogP contribution in [0.5, 0.6) is 0 Å². The van der Waals surface area contributed by atoms with E-state index in [2.05, 4.69) is 28.7 Å². The van der Waals surface area contributed by atoms with Crippen LogP contribution in [0.3, 0.4) is 0 Å². The first kappa shape index (κ1) is 8.00. The van der Waals surface area contributed by atoms with Crippen molar-refractivity contribution in [2.45, 2.75) is 19.3 Å². The van der Waals surface area contributed by atoms with E-state index in [4.69, 9.17) is 0 Å². The second-order valence-corrected chi connectivity index (χ2v) is 4.81. The van der Waals surface area contributed by atoms with Crippen molar-refractivity contribution in [1.82, 2.24) is 0 Å². The lowest BCUT2D eigenvalue weighted by Crippen LogP contribution is -1.74. The first-order chi connectivity index (χ1) is 4.43. The Kier molecular flexibility index (Phi) is 4.16. The fourth-order valence-electron chi connectivity index (χ4n) is 0.999. The fraction of sp³-hybridized carbons (Fsp3) is 0.714. The van der Waals surface area contributed by atoms with Crippen LogP contribution in [0.25, 0.3) is 0 Å². The minimum atomic E-state index is 1.17. The quantitative estimate of drug-likeness (QED) is 0.412. The van der Waals surface area contributed by atoms with Gasteiger partial charge in [-0.05, 0) is 29.9 Å². The van der Waals surface area contributed by atoms with E-state index >= 15 is 0 Å². The Labute approximate surface area is 72.4 Å². The van der Waals surface area contributed by atoms with Crippen LogP contribution in [-0.2, 0) is 0 Å². The molecule has 1 aliphatic heterocycles. The number of alkyl halides is 1. The maximum Gasteiger partial charge on any atom is -0.000155 e. The monoisotopic (exact) mass is 254 g/mol. The third-order valence-electron chi connectivity index (χ3n) is 1.47. The van der Waals surface area contributed by atoms with Gasteiger partial charge in [0.05, 0.1) is 0 Å². The highest BCUT2D eigenvalue weighted by Gasteiger charge is 2.01. The molecule has 2 heteroatoms. The molecule has 0 N–H and O–H groups in total. The molecule has 0 saturated carbocycles. The van der Waals surface area contributed by atoms with Gasteiger partial charge in [-0.3, -0.25) is 0 Å². The molecule has 0 spiro atoms. The number of allylic oxidation sites excluding steroid dienone is 2. The molecule has 0 saturated heterocycles. The lowest BCUT2D eigenvalue weighted by atomic mass is 10.3. The van der Waals surface area contributed by atoms with E-state index in [1.54, 1.807) is 5.31 Å². The molecule has 0 aromatic rings. The van der Waals surface area contributed by atoms with Gasteiger partial charge in [0.15, 0.2) is 0 Å². The van der Waals surface area contributed by atoms with Crippen molar-refractivity contribution < 1.29 is 0 Å². The molecule has 0 fully saturated rings. The Hall–Kier alpha value is 0.900. The van der Waals surface area contributed by atoms with Gasteiger partial charge in [0, 0.05) is 0 Å². The first-order valence-electron chi connectivity index (χ1n) is 3.42. The van der Waals surface area contributed by atoms with Gasteiger partial charge in [-0.1, -0.05) is 42.6 Å². The fourth-order valence-corrected chi connectivity index (χ4v) is 2.63. The van der Waals surface area contributed by atoms with Crippen LogP contribution in [0.2, 0.25) is 0 Å². The van der Waals surface area contributed by atoms with Crippen molar-refractivity contribution >= 4 is 31.2 Å². The highest BCUT2D eigenvalue weighted by Crippen LogP contribution is 2.34. The second kappa shape index (κ2) is 4.68. The van der Waals surface area contributed by atoms with Crippen molar-refractivity contribution in [2.24, 2.45) is 0 Å². The van der Waals surface area contributed by atoms with E-state index in [1.165, 1.54) is 38.4 Å². The lowest BCUT2D eigenvalue weighted by molar-refractivity contribution is 0.971. The SMILES string of the molecule is ICCCC1=CCCP1. The van der Waals surface area contributed by atoms with Gasteiger partial charge in [0.25, 0.3) is 0 Å². The van der Waals surface area contributed by atoms with E-state index in [9.17, 15) is 0 Å². The Morgan fingerprint density at radius 2 is 2.56 bits per heavy atom. The molecule has 0 aromatic carbocycles. The third kappa shape index (κ3) is 2.99. The minimum absolute atomic E-state index is 1.17. The molecule has 1 unspecified atom stereocenters. The Morgan fingerprint density at radius 3 is 3.11 bits per heavy atom. The van der Waals surface area contributed by atoms with Crippen LogP contribution in [0.1, 0.15) is 19.3 Å². The van der Waals surface area contributed by atoms with Gasteiger partial charge in [-0.25, -0.2) is 0 Å². The molecular formula is C7H12IP. The molecule has 0 aromatic heterocycles. The predicted octanol–water partition coefficient (Wildman–Crippen LogP) is 3.17. The van der Waals surface area contributed by atoms with Crippen molar-refractivity contribution in [1.29, 1.82) is 0 Å². The van der Waals surface area contributed by atoms with Crippen LogP contribution in [0, 0.1) is 0 Å². The summed E-state index contributed by atoms with van der Waals surface area (Å²) in [5.74, 6) is 0. The maximum absolute atomic E-state index is 2.45. The largest absolute Gasteiger partial charge is 0.0949 e. The number of rotatable bonds is 3. The van der Waals surface area contributed by atoms with E-state index in [0.717, 1.165) is 0 Å². The molecule has 0 nitrogen and oxygen atoms in total. The van der Waals surface area contributed by atoms with Gasteiger partial charge in [0.1, 0.15) is 0 Å². The van der Waals surface area contributed by atoms with Crippen molar-refractivity contribution in [2.75, 3.05) is 10.6 Å². The summed E-state index contributed by atoms with van der Waals surface area (Å²) in [4.78, 5) is 0. The maximum atomic E-state index is 2.45. The van der Waals surface area contributed by atoms with E-state index in [1.807, 2.05) is 0 Å². The Balaban J connectivity index is 2.11. The zero-order chi connectivity index (χ0) is 6.53. The molecule has 1 atom stereocenters. The second-order valence-electron chi connectivity index (χ2n) is 2.24. The Morgan fingerprint density at radius 1 is 1.67 bits per heavy atom. The predicted molar refractivity (Wildman–Crippen MR) is 54.0 cm³/mol. The molecule has 52 valence electrons. The van der Waals surface area contributed by atoms with Crippen molar-refractivity contribution in [3.8, 4) is 0 Å². The number of halogens is 1. The van der Waals surface area contributed by atoms with Crippen LogP contribution in [-0.4, -0.2) is 10.6 Å². The molecule has 0 amide bonds. The molecular weight excluding hydrogens is 242 g/mol. The van der Waals surface area contributed by atoms with Crippen LogP contribution in [0.4, 0.5) is 0 Å². The van der Waals surface area contributed by atoms with Gasteiger partial charge in [-0.2, -0.15) is 0 Å². The normalized spacial score (nSPS) is 20.8. The molecule has 9 heavy (non-hydrogen) atoms. The summed E-state index contributed by atoms with van der Waals surface area (Å²) in [6.07, 6.45) is 8.00. The summed E-state index contributed by atoms with van der Waals surface area (Å²) in [5, 5.41) is 1.74. The topological polar surface area (TPSA) is 0 Å². The van der Waals surface area contributed by atoms with Crippen LogP contribution < -0.4 is 0 Å². The zero-order valence-electron chi connectivity index (χ0n) is 5.49. The lowest BCUT2D eigenvalue weighted by Gasteiger charge is -1.96. The van der Waals surface area contributed by atoms with Gasteiger partial charge in [-0.15, -0.1) is 0 Å². The van der Waals surface area contributed by atoms with Crippen LogP contribution in [0.15, 0.2) is 11.4 Å². The number of hydrogen-bond acceptors (Lipinski definition) is 0. The molecule has 0 bridgehead atoms. The summed E-state index contributed by atoms with van der Waals surface area (Å²) < 4.78 is 1.32. The molecule has 1 heterocycles. The average molecular weight is 254 g/mol. The van der Waals surface area contributed by atoms with E-state index < -0.39 is 0 Å². The minimum Gasteiger partial charge on any atom is -0.0949 e. The van der Waals surface area contributed by atoms with Gasteiger partial charge in [0.2, 0.25) is 0 Å². The third-order valence-corrected chi connectivity index (χ3v) is 3.68. The summed E-state index contributed by atoms with van der Waals surface area (Å²) in [5.41, 5.74) is 0. The van der Waals surface area contributed by atoms with E-state index in [-0.39, 0.29) is 0 Å². The van der Waals surface area contributed by atoms with Gasteiger partial charge >= 0.3 is 0 Å². The molecule has 0 radical (unpaired) electrons. The van der Waals surface area contributed by atoms with Crippen LogP contribution >= 0.6 is 31.2 Å². The number of hydrogen-bond donors (Lipinski definition) is 0. The van der Waals surface area contributed by atoms with Gasteiger partial charge < -0.3 is 0 Å². The standard InChI is InChI=1S/C7H12IP/c8-5-1-3-7-4-2-6-9-7/h4,9H,1-3,5-6H2. The summed E-state index contributed by atoms with van der Waals surface area (Å²) in [6, 6.07) is 0. The first-order valence-corrected chi connectivity index (χ1v) is 6.15. The molecule has 1 rings (SSSR count).